The number of morpholine rings is 1. The molecule has 0 amide bonds. The fraction of sp³-hybridized carbons (Fsp3) is 0.750. The molecule has 2 saturated heterocycles. The van der Waals surface area contributed by atoms with Crippen LogP contribution in [0.5, 0.6) is 0 Å². The Morgan fingerprint density at radius 3 is 2.81 bits per heavy atom. The summed E-state index contributed by atoms with van der Waals surface area (Å²) in [7, 11) is -3.57. The molecule has 0 unspecified atom stereocenters. The van der Waals surface area contributed by atoms with Crippen LogP contribution in [0.15, 0.2) is 17.3 Å². The molecule has 0 radical (unpaired) electrons. The van der Waals surface area contributed by atoms with Crippen molar-refractivity contribution in [3.63, 3.8) is 0 Å². The third-order valence-electron chi connectivity index (χ3n) is 4.03. The van der Waals surface area contributed by atoms with E-state index in [9.17, 15) is 13.5 Å². The van der Waals surface area contributed by atoms with Crippen LogP contribution in [0.25, 0.3) is 0 Å². The fourth-order valence-corrected chi connectivity index (χ4v) is 4.29. The van der Waals surface area contributed by atoms with Gasteiger partial charge in [0.1, 0.15) is 4.90 Å². The number of aromatic nitrogens is 2. The van der Waals surface area contributed by atoms with Gasteiger partial charge in [0, 0.05) is 38.9 Å². The van der Waals surface area contributed by atoms with Gasteiger partial charge in [0.25, 0.3) is 0 Å². The molecule has 0 spiro atoms. The summed E-state index contributed by atoms with van der Waals surface area (Å²) in [6.45, 7) is 3.80. The predicted molar refractivity (Wildman–Crippen MR) is 74.2 cm³/mol. The highest BCUT2D eigenvalue weighted by atomic mass is 32.2. The second kappa shape index (κ2) is 5.65. The zero-order chi connectivity index (χ0) is 14.9. The van der Waals surface area contributed by atoms with Crippen LogP contribution < -0.4 is 0 Å². The zero-order valence-electron chi connectivity index (χ0n) is 11.7. The van der Waals surface area contributed by atoms with Gasteiger partial charge in [0.05, 0.1) is 25.0 Å². The Hall–Kier alpha value is -1.00. The molecule has 0 saturated carbocycles. The molecule has 118 valence electrons. The van der Waals surface area contributed by atoms with Crippen LogP contribution >= 0.6 is 0 Å². The number of aromatic amines is 1. The molecule has 1 aromatic rings. The number of nitrogens with zero attached hydrogens (tertiary/aromatic N) is 3. The summed E-state index contributed by atoms with van der Waals surface area (Å²) in [5, 5.41) is 16.8. The summed E-state index contributed by atoms with van der Waals surface area (Å²) < 4.78 is 31.4. The fourth-order valence-electron chi connectivity index (χ4n) is 2.86. The van der Waals surface area contributed by atoms with Gasteiger partial charge in [-0.1, -0.05) is 0 Å². The van der Waals surface area contributed by atoms with Gasteiger partial charge in [0.15, 0.2) is 0 Å². The first-order chi connectivity index (χ1) is 10.00. The molecule has 21 heavy (non-hydrogen) atoms. The number of β-amino-alcohol motifs (C(OH)–C–C–N with tert-alkyl or cyclic N) is 1. The van der Waals surface area contributed by atoms with Crippen molar-refractivity contribution in [1.29, 1.82) is 0 Å². The molecule has 1 aromatic heterocycles. The van der Waals surface area contributed by atoms with Crippen LogP contribution in [0.1, 0.15) is 6.42 Å². The van der Waals surface area contributed by atoms with E-state index in [1.165, 1.54) is 16.7 Å². The lowest BCUT2D eigenvalue weighted by atomic mass is 10.0. The highest BCUT2D eigenvalue weighted by Gasteiger charge is 2.43. The number of ether oxygens (including phenoxy) is 1. The maximum absolute atomic E-state index is 12.4. The summed E-state index contributed by atoms with van der Waals surface area (Å²) in [6.07, 6.45) is 3.09. The molecule has 3 heterocycles. The lowest BCUT2D eigenvalue weighted by Crippen LogP contribution is -2.49. The molecule has 8 nitrogen and oxygen atoms in total. The highest BCUT2D eigenvalue weighted by molar-refractivity contribution is 7.89. The molecule has 3 rings (SSSR count). The quantitative estimate of drug-likeness (QED) is 0.729. The maximum atomic E-state index is 12.4. The number of hydrogen-bond acceptors (Lipinski definition) is 6. The van der Waals surface area contributed by atoms with E-state index in [4.69, 9.17) is 4.74 Å². The van der Waals surface area contributed by atoms with Crippen LogP contribution in [0, 0.1) is 0 Å². The van der Waals surface area contributed by atoms with E-state index in [0.717, 1.165) is 13.1 Å². The van der Waals surface area contributed by atoms with E-state index >= 15 is 0 Å². The molecular weight excluding hydrogens is 296 g/mol. The number of hydrogen-bond donors (Lipinski definition) is 2. The Morgan fingerprint density at radius 2 is 2.14 bits per heavy atom. The average Bonchev–Trinajstić information content (AvgIpc) is 3.10. The second-order valence-corrected chi connectivity index (χ2v) is 7.57. The van der Waals surface area contributed by atoms with Gasteiger partial charge in [-0.05, 0) is 6.42 Å². The van der Waals surface area contributed by atoms with Crippen LogP contribution in [0.4, 0.5) is 0 Å². The number of nitrogens with one attached hydrogen (secondary N) is 1. The predicted octanol–water partition coefficient (Wildman–Crippen LogP) is -1.13. The Labute approximate surface area is 123 Å². The van der Waals surface area contributed by atoms with E-state index < -0.39 is 15.6 Å². The molecule has 2 N–H and O–H groups in total. The first-order valence-corrected chi connectivity index (χ1v) is 8.45. The molecule has 9 heteroatoms. The number of H-pyrrole nitrogens is 1. The third kappa shape index (κ3) is 3.11. The van der Waals surface area contributed by atoms with Crippen molar-refractivity contribution in [2.24, 2.45) is 0 Å². The van der Waals surface area contributed by atoms with E-state index in [1.54, 1.807) is 0 Å². The van der Waals surface area contributed by atoms with Crippen molar-refractivity contribution in [1.82, 2.24) is 19.4 Å². The summed E-state index contributed by atoms with van der Waals surface area (Å²) in [5.41, 5.74) is -0.992. The van der Waals surface area contributed by atoms with Crippen molar-refractivity contribution in [3.05, 3.63) is 12.4 Å². The van der Waals surface area contributed by atoms with Gasteiger partial charge < -0.3 is 9.84 Å². The van der Waals surface area contributed by atoms with Gasteiger partial charge in [-0.25, -0.2) is 8.42 Å². The SMILES string of the molecule is O=S(=O)(c1cn[nH]c1)N1CC[C@@](O)(CN2CCOCC2)C1. The first kappa shape index (κ1) is 14.9. The van der Waals surface area contributed by atoms with E-state index in [2.05, 4.69) is 15.1 Å². The molecule has 2 fully saturated rings. The topological polar surface area (TPSA) is 98.8 Å². The lowest BCUT2D eigenvalue weighted by Gasteiger charge is -2.33. The molecule has 0 aromatic carbocycles. The van der Waals surface area contributed by atoms with E-state index in [0.29, 0.717) is 32.7 Å². The first-order valence-electron chi connectivity index (χ1n) is 7.01. The standard InChI is InChI=1S/C12H20N4O4S/c17-12(9-15-3-5-20-6-4-15)1-2-16(10-12)21(18,19)11-7-13-14-8-11/h7-8,17H,1-6,9-10H2,(H,13,14)/t12-/m1/s1. The number of sulfonamides is 1. The van der Waals surface area contributed by atoms with Crippen molar-refractivity contribution >= 4 is 10.0 Å². The maximum Gasteiger partial charge on any atom is 0.246 e. The largest absolute Gasteiger partial charge is 0.387 e. The van der Waals surface area contributed by atoms with Crippen molar-refractivity contribution in [3.8, 4) is 0 Å². The molecule has 2 aliphatic heterocycles. The molecule has 1 atom stereocenters. The minimum atomic E-state index is -3.57. The third-order valence-corrected chi connectivity index (χ3v) is 5.84. The molecular formula is C12H20N4O4S. The smallest absolute Gasteiger partial charge is 0.246 e. The monoisotopic (exact) mass is 316 g/mol. The van der Waals surface area contributed by atoms with Crippen LogP contribution in [0.3, 0.4) is 0 Å². The van der Waals surface area contributed by atoms with E-state index in [-0.39, 0.29) is 11.4 Å². The van der Waals surface area contributed by atoms with E-state index in [1.807, 2.05) is 0 Å². The Balaban J connectivity index is 1.67. The van der Waals surface area contributed by atoms with Gasteiger partial charge in [-0.2, -0.15) is 9.40 Å². The Kier molecular flexibility index (Phi) is 4.02. The normalized spacial score (nSPS) is 29.0. The lowest BCUT2D eigenvalue weighted by molar-refractivity contribution is -0.0239. The average molecular weight is 316 g/mol. The number of rotatable bonds is 4. The second-order valence-electron chi connectivity index (χ2n) is 5.64. The van der Waals surface area contributed by atoms with Crippen LogP contribution in [-0.4, -0.2) is 84.5 Å². The summed E-state index contributed by atoms with van der Waals surface area (Å²) >= 11 is 0. The minimum Gasteiger partial charge on any atom is -0.387 e. The number of aliphatic hydroxyl groups is 1. The summed E-state index contributed by atoms with van der Waals surface area (Å²) in [5.74, 6) is 0. The van der Waals surface area contributed by atoms with Gasteiger partial charge in [0.2, 0.25) is 10.0 Å². The highest BCUT2D eigenvalue weighted by Crippen LogP contribution is 2.27. The molecule has 2 aliphatic rings. The van der Waals surface area contributed by atoms with Crippen molar-refractivity contribution in [2.45, 2.75) is 16.9 Å². The van der Waals surface area contributed by atoms with Crippen molar-refractivity contribution in [2.75, 3.05) is 45.9 Å². The summed E-state index contributed by atoms with van der Waals surface area (Å²) in [4.78, 5) is 2.26. The Bertz CT molecular complexity index is 570. The van der Waals surface area contributed by atoms with Gasteiger partial charge >= 0.3 is 0 Å². The van der Waals surface area contributed by atoms with Crippen LogP contribution in [-0.2, 0) is 14.8 Å². The molecule has 0 bridgehead atoms. The minimum absolute atomic E-state index is 0.123. The van der Waals surface area contributed by atoms with Crippen molar-refractivity contribution < 1.29 is 18.3 Å². The zero-order valence-corrected chi connectivity index (χ0v) is 12.5. The molecule has 0 aliphatic carbocycles. The summed E-state index contributed by atoms with van der Waals surface area (Å²) in [6, 6.07) is 0. The van der Waals surface area contributed by atoms with Crippen LogP contribution in [0.2, 0.25) is 0 Å². The van der Waals surface area contributed by atoms with Gasteiger partial charge in [-0.3, -0.25) is 10.00 Å². The Morgan fingerprint density at radius 1 is 1.38 bits per heavy atom. The van der Waals surface area contributed by atoms with Gasteiger partial charge in [-0.15, -0.1) is 0 Å².